The number of carbonyl (C=O) groups is 3. The summed E-state index contributed by atoms with van der Waals surface area (Å²) in [4.78, 5) is 40.6. The van der Waals surface area contributed by atoms with Crippen molar-refractivity contribution in [3.8, 4) is 0 Å². The molecule has 0 radical (unpaired) electrons. The van der Waals surface area contributed by atoms with E-state index in [9.17, 15) is 23.9 Å². The minimum absolute atomic E-state index is 0.00404. The average Bonchev–Trinajstić information content (AvgIpc) is 3.11. The highest BCUT2D eigenvalue weighted by atomic mass is 35.5. The fourth-order valence-corrected chi connectivity index (χ4v) is 4.43. The van der Waals surface area contributed by atoms with Gasteiger partial charge in [0.15, 0.2) is 0 Å². The van der Waals surface area contributed by atoms with Gasteiger partial charge in [-0.3, -0.25) is 14.4 Å². The van der Waals surface area contributed by atoms with Crippen LogP contribution in [-0.2, 0) is 25.5 Å². The molecule has 1 N–H and O–H groups in total. The number of hydrogen-bond donors (Lipinski definition) is 1. The second kappa shape index (κ2) is 11.2. The first kappa shape index (κ1) is 24.7. The molecule has 1 aliphatic heterocycles. The van der Waals surface area contributed by atoms with Gasteiger partial charge >= 0.3 is 5.97 Å². The Hall–Kier alpha value is -2.97. The Morgan fingerprint density at radius 1 is 1.21 bits per heavy atom. The van der Waals surface area contributed by atoms with E-state index < -0.39 is 36.2 Å². The SMILES string of the molecule is COCCN1C(=O)C[C@@H](C(=O)N(CCc2ccccc2F)CC(=O)O)[C@@H]1c1ccccc1Cl. The number of likely N-dealkylation sites (tertiary alicyclic amines) is 1. The number of amides is 2. The van der Waals surface area contributed by atoms with E-state index in [1.807, 2.05) is 0 Å². The van der Waals surface area contributed by atoms with Crippen molar-refractivity contribution < 1.29 is 28.6 Å². The zero-order chi connectivity index (χ0) is 24.0. The first-order valence-corrected chi connectivity index (χ1v) is 11.0. The Bertz CT molecular complexity index is 1020. The predicted molar refractivity (Wildman–Crippen MR) is 120 cm³/mol. The van der Waals surface area contributed by atoms with Crippen LogP contribution in [0.1, 0.15) is 23.6 Å². The topological polar surface area (TPSA) is 87.2 Å². The van der Waals surface area contributed by atoms with Crippen LogP contribution in [0, 0.1) is 11.7 Å². The van der Waals surface area contributed by atoms with E-state index in [1.165, 1.54) is 18.1 Å². The highest BCUT2D eigenvalue weighted by Gasteiger charge is 2.46. The van der Waals surface area contributed by atoms with Gasteiger partial charge in [-0.15, -0.1) is 0 Å². The summed E-state index contributed by atoms with van der Waals surface area (Å²) in [5, 5.41) is 9.80. The Labute approximate surface area is 196 Å². The maximum atomic E-state index is 14.1. The standard InChI is InChI=1S/C24H26ClFN2O5/c1-33-13-12-28-21(29)14-18(23(28)17-7-3-4-8-19(17)25)24(32)27(15-22(30)31)11-10-16-6-2-5-9-20(16)26/h2-9,18,23H,10-15H2,1H3,(H,30,31)/t18-,23+/m1/s1. The number of methoxy groups -OCH3 is 1. The maximum absolute atomic E-state index is 14.1. The monoisotopic (exact) mass is 476 g/mol. The summed E-state index contributed by atoms with van der Waals surface area (Å²) in [7, 11) is 1.52. The molecule has 0 bridgehead atoms. The lowest BCUT2D eigenvalue weighted by Crippen LogP contribution is -2.43. The van der Waals surface area contributed by atoms with Gasteiger partial charge in [0.2, 0.25) is 11.8 Å². The van der Waals surface area contributed by atoms with Crippen LogP contribution in [0.3, 0.4) is 0 Å². The van der Waals surface area contributed by atoms with E-state index in [4.69, 9.17) is 16.3 Å². The number of nitrogens with zero attached hydrogens (tertiary/aromatic N) is 2. The number of carboxylic acids is 1. The zero-order valence-corrected chi connectivity index (χ0v) is 19.0. The Kier molecular flexibility index (Phi) is 8.41. The molecule has 1 fully saturated rings. The van der Waals surface area contributed by atoms with E-state index in [0.29, 0.717) is 16.1 Å². The zero-order valence-electron chi connectivity index (χ0n) is 18.2. The molecule has 2 amide bonds. The van der Waals surface area contributed by atoms with Crippen LogP contribution in [0.15, 0.2) is 48.5 Å². The minimum Gasteiger partial charge on any atom is -0.480 e. The van der Waals surface area contributed by atoms with Gasteiger partial charge in [-0.25, -0.2) is 4.39 Å². The molecule has 1 saturated heterocycles. The summed E-state index contributed by atoms with van der Waals surface area (Å²) in [6.45, 7) is -0.00174. The Balaban J connectivity index is 1.90. The lowest BCUT2D eigenvalue weighted by atomic mass is 9.92. The van der Waals surface area contributed by atoms with Crippen molar-refractivity contribution >= 4 is 29.4 Å². The van der Waals surface area contributed by atoms with E-state index >= 15 is 0 Å². The first-order chi connectivity index (χ1) is 15.8. The third-order valence-electron chi connectivity index (χ3n) is 5.76. The number of rotatable bonds is 10. The third-order valence-corrected chi connectivity index (χ3v) is 6.10. The highest BCUT2D eigenvalue weighted by molar-refractivity contribution is 6.31. The smallest absolute Gasteiger partial charge is 0.323 e. The molecule has 2 atom stereocenters. The fraction of sp³-hybridized carbons (Fsp3) is 0.375. The molecule has 0 spiro atoms. The molecule has 0 aromatic heterocycles. The third kappa shape index (κ3) is 5.89. The lowest BCUT2D eigenvalue weighted by Gasteiger charge is -2.31. The van der Waals surface area contributed by atoms with Gasteiger partial charge in [0.25, 0.3) is 0 Å². The van der Waals surface area contributed by atoms with Crippen molar-refractivity contribution in [1.82, 2.24) is 9.80 Å². The van der Waals surface area contributed by atoms with Gasteiger partial charge < -0.3 is 19.6 Å². The molecule has 33 heavy (non-hydrogen) atoms. The van der Waals surface area contributed by atoms with E-state index in [-0.39, 0.29) is 38.4 Å². The van der Waals surface area contributed by atoms with Crippen LogP contribution in [0.25, 0.3) is 0 Å². The van der Waals surface area contributed by atoms with E-state index in [2.05, 4.69) is 0 Å². The van der Waals surface area contributed by atoms with Crippen LogP contribution in [0.5, 0.6) is 0 Å². The number of ether oxygens (including phenoxy) is 1. The number of aliphatic carboxylic acids is 1. The largest absolute Gasteiger partial charge is 0.480 e. The summed E-state index contributed by atoms with van der Waals surface area (Å²) in [5.41, 5.74) is 0.997. The van der Waals surface area contributed by atoms with E-state index in [1.54, 1.807) is 47.4 Å². The van der Waals surface area contributed by atoms with Crippen LogP contribution >= 0.6 is 11.6 Å². The van der Waals surface area contributed by atoms with Gasteiger partial charge in [0.1, 0.15) is 12.4 Å². The Morgan fingerprint density at radius 2 is 1.91 bits per heavy atom. The number of hydrogen-bond acceptors (Lipinski definition) is 4. The first-order valence-electron chi connectivity index (χ1n) is 10.6. The molecule has 0 unspecified atom stereocenters. The second-order valence-electron chi connectivity index (χ2n) is 7.85. The summed E-state index contributed by atoms with van der Waals surface area (Å²) < 4.78 is 19.2. The molecule has 0 saturated carbocycles. The molecule has 1 aliphatic rings. The molecular formula is C24H26ClFN2O5. The molecular weight excluding hydrogens is 451 g/mol. The van der Waals surface area contributed by atoms with E-state index in [0.717, 1.165) is 0 Å². The molecule has 2 aromatic rings. The van der Waals surface area contributed by atoms with Gasteiger partial charge in [0.05, 0.1) is 18.6 Å². The van der Waals surface area contributed by atoms with Crippen molar-refractivity contribution in [1.29, 1.82) is 0 Å². The number of benzene rings is 2. The van der Waals surface area contributed by atoms with Crippen molar-refractivity contribution in [2.75, 3.05) is 33.4 Å². The summed E-state index contributed by atoms with van der Waals surface area (Å²) in [6.07, 6.45) is 0.0742. The second-order valence-corrected chi connectivity index (χ2v) is 8.26. The molecule has 3 rings (SSSR count). The molecule has 0 aliphatic carbocycles. The molecule has 2 aromatic carbocycles. The van der Waals surface area contributed by atoms with Gasteiger partial charge in [-0.05, 0) is 29.7 Å². The van der Waals surface area contributed by atoms with Gasteiger partial charge in [0, 0.05) is 31.6 Å². The van der Waals surface area contributed by atoms with Crippen LogP contribution in [0.2, 0.25) is 5.02 Å². The predicted octanol–water partition coefficient (Wildman–Crippen LogP) is 3.17. The number of halogens is 2. The van der Waals surface area contributed by atoms with Crippen LogP contribution in [0.4, 0.5) is 4.39 Å². The average molecular weight is 477 g/mol. The number of carboxylic acid groups (broad SMARTS) is 1. The van der Waals surface area contributed by atoms with Crippen molar-refractivity contribution in [3.05, 3.63) is 70.5 Å². The Morgan fingerprint density at radius 3 is 2.58 bits per heavy atom. The number of carbonyl (C=O) groups excluding carboxylic acids is 2. The molecule has 1 heterocycles. The summed E-state index contributed by atoms with van der Waals surface area (Å²) >= 11 is 6.41. The van der Waals surface area contributed by atoms with Crippen LogP contribution < -0.4 is 0 Å². The van der Waals surface area contributed by atoms with Gasteiger partial charge in [-0.2, -0.15) is 0 Å². The maximum Gasteiger partial charge on any atom is 0.323 e. The fourth-order valence-electron chi connectivity index (χ4n) is 4.19. The van der Waals surface area contributed by atoms with Crippen LogP contribution in [-0.4, -0.2) is 66.0 Å². The highest BCUT2D eigenvalue weighted by Crippen LogP contribution is 2.41. The molecule has 9 heteroatoms. The lowest BCUT2D eigenvalue weighted by molar-refractivity contribution is -0.146. The molecule has 176 valence electrons. The summed E-state index contributed by atoms with van der Waals surface area (Å²) in [5.74, 6) is -3.15. The van der Waals surface area contributed by atoms with Crippen molar-refractivity contribution in [2.45, 2.75) is 18.9 Å². The normalized spacial score (nSPS) is 17.9. The van der Waals surface area contributed by atoms with Gasteiger partial charge in [-0.1, -0.05) is 48.0 Å². The minimum atomic E-state index is -1.19. The van der Waals surface area contributed by atoms with Crippen molar-refractivity contribution in [2.24, 2.45) is 5.92 Å². The van der Waals surface area contributed by atoms with Crippen molar-refractivity contribution in [3.63, 3.8) is 0 Å². The summed E-state index contributed by atoms with van der Waals surface area (Å²) in [6, 6.07) is 12.5. The molecule has 7 nitrogen and oxygen atoms in total. The quantitative estimate of drug-likeness (QED) is 0.569.